The van der Waals surface area contributed by atoms with Gasteiger partial charge in [-0.1, -0.05) is 0 Å². The Hall–Kier alpha value is -2.08. The summed E-state index contributed by atoms with van der Waals surface area (Å²) in [7, 11) is 0. The highest BCUT2D eigenvalue weighted by atomic mass is 16.4. The molecule has 6 nitrogen and oxygen atoms in total. The molecule has 0 radical (unpaired) electrons. The quantitative estimate of drug-likeness (QED) is 0.659. The van der Waals surface area contributed by atoms with Gasteiger partial charge in [0, 0.05) is 18.6 Å². The lowest BCUT2D eigenvalue weighted by atomic mass is 10.2. The number of carboxylic acid groups (broad SMARTS) is 2. The predicted octanol–water partition coefficient (Wildman–Crippen LogP) is 0.883. The minimum atomic E-state index is -1.26. The largest absolute Gasteiger partial charge is 0.478 e. The molecule has 1 rings (SSSR count). The minimum absolute atomic E-state index is 0.558. The molecule has 94 valence electrons. The van der Waals surface area contributed by atoms with E-state index >= 15 is 0 Å². The van der Waals surface area contributed by atoms with Gasteiger partial charge in [-0.2, -0.15) is 0 Å². The van der Waals surface area contributed by atoms with Crippen LogP contribution in [-0.4, -0.2) is 28.7 Å². The molecule has 0 aliphatic heterocycles. The summed E-state index contributed by atoms with van der Waals surface area (Å²) in [5.74, 6) is -1.49. The molecule has 0 fully saturated rings. The molecule has 1 heterocycles. The lowest BCUT2D eigenvalue weighted by Crippen LogP contribution is -1.99. The lowest BCUT2D eigenvalue weighted by molar-refractivity contribution is -0.134. The Kier molecular flexibility index (Phi) is 8.05. The van der Waals surface area contributed by atoms with Crippen molar-refractivity contribution in [2.45, 2.75) is 12.8 Å². The maximum atomic E-state index is 9.55. The number of carboxylic acids is 2. The van der Waals surface area contributed by atoms with Crippen molar-refractivity contribution in [3.8, 4) is 0 Å². The van der Waals surface area contributed by atoms with Crippen LogP contribution in [0.4, 0.5) is 0 Å². The normalized spacial score (nSPS) is 9.71. The summed E-state index contributed by atoms with van der Waals surface area (Å²) in [5.41, 5.74) is 5.30. The molecule has 0 spiro atoms. The number of carbonyl (C=O) groups is 2. The van der Waals surface area contributed by atoms with E-state index in [1.54, 1.807) is 6.26 Å². The Labute approximate surface area is 98.3 Å². The van der Waals surface area contributed by atoms with Gasteiger partial charge in [-0.15, -0.1) is 0 Å². The van der Waals surface area contributed by atoms with E-state index in [1.165, 1.54) is 0 Å². The minimum Gasteiger partial charge on any atom is -0.478 e. The van der Waals surface area contributed by atoms with Crippen molar-refractivity contribution >= 4 is 11.9 Å². The van der Waals surface area contributed by atoms with Gasteiger partial charge in [0.05, 0.1) is 6.26 Å². The maximum absolute atomic E-state index is 9.55. The number of aliphatic carboxylic acids is 2. The molecular weight excluding hydrogens is 226 g/mol. The molecule has 1 aromatic heterocycles. The Morgan fingerprint density at radius 1 is 1.29 bits per heavy atom. The van der Waals surface area contributed by atoms with Crippen LogP contribution in [0.2, 0.25) is 0 Å². The number of aryl methyl sites for hydroxylation is 1. The third-order valence-electron chi connectivity index (χ3n) is 1.58. The molecule has 0 atom stereocenters. The first-order valence-corrected chi connectivity index (χ1v) is 4.92. The zero-order valence-electron chi connectivity index (χ0n) is 9.20. The summed E-state index contributed by atoms with van der Waals surface area (Å²) in [6.45, 7) is 0.737. The maximum Gasteiger partial charge on any atom is 0.328 e. The molecule has 17 heavy (non-hydrogen) atoms. The van der Waals surface area contributed by atoms with Crippen molar-refractivity contribution in [3.05, 3.63) is 36.3 Å². The van der Waals surface area contributed by atoms with Crippen molar-refractivity contribution < 1.29 is 24.2 Å². The summed E-state index contributed by atoms with van der Waals surface area (Å²) in [6, 6.07) is 3.86. The highest BCUT2D eigenvalue weighted by molar-refractivity contribution is 5.89. The fourth-order valence-electron chi connectivity index (χ4n) is 0.874. The first-order valence-electron chi connectivity index (χ1n) is 4.92. The molecule has 0 amide bonds. The molecular formula is C11H15NO5. The van der Waals surface area contributed by atoms with E-state index in [0.29, 0.717) is 12.2 Å². The van der Waals surface area contributed by atoms with Crippen LogP contribution < -0.4 is 5.73 Å². The standard InChI is InChI=1S/C7H11NO.C4H4O4/c8-5-1-3-7-4-2-6-9-7;5-3(6)1-2-4(7)8/h2,4,6H,1,3,5,8H2;1-2H,(H,5,6)(H,7,8)/b;2-1-. The van der Waals surface area contributed by atoms with Gasteiger partial charge in [0.2, 0.25) is 0 Å². The van der Waals surface area contributed by atoms with Crippen LogP contribution in [0.1, 0.15) is 12.2 Å². The molecule has 0 aromatic carbocycles. The fraction of sp³-hybridized carbons (Fsp3) is 0.273. The van der Waals surface area contributed by atoms with E-state index in [0.717, 1.165) is 25.1 Å². The molecule has 0 unspecified atom stereocenters. The molecule has 0 saturated carbocycles. The second-order valence-electron chi connectivity index (χ2n) is 2.98. The average Bonchev–Trinajstić information content (AvgIpc) is 2.77. The number of rotatable bonds is 5. The molecule has 0 saturated heterocycles. The van der Waals surface area contributed by atoms with E-state index in [-0.39, 0.29) is 0 Å². The van der Waals surface area contributed by atoms with E-state index in [4.69, 9.17) is 20.4 Å². The average molecular weight is 241 g/mol. The molecule has 4 N–H and O–H groups in total. The van der Waals surface area contributed by atoms with Crippen LogP contribution >= 0.6 is 0 Å². The zero-order valence-corrected chi connectivity index (χ0v) is 9.20. The Morgan fingerprint density at radius 3 is 2.24 bits per heavy atom. The van der Waals surface area contributed by atoms with Crippen molar-refractivity contribution in [1.29, 1.82) is 0 Å². The van der Waals surface area contributed by atoms with Crippen molar-refractivity contribution in [2.75, 3.05) is 6.54 Å². The van der Waals surface area contributed by atoms with Gasteiger partial charge in [-0.25, -0.2) is 9.59 Å². The second kappa shape index (κ2) is 9.17. The molecule has 6 heteroatoms. The van der Waals surface area contributed by atoms with E-state index in [9.17, 15) is 9.59 Å². The smallest absolute Gasteiger partial charge is 0.328 e. The third-order valence-corrected chi connectivity index (χ3v) is 1.58. The molecule has 1 aromatic rings. The highest BCUT2D eigenvalue weighted by Gasteiger charge is 1.91. The van der Waals surface area contributed by atoms with Crippen LogP contribution in [-0.2, 0) is 16.0 Å². The summed E-state index contributed by atoms with van der Waals surface area (Å²) in [6.07, 6.45) is 4.77. The van der Waals surface area contributed by atoms with Gasteiger partial charge in [-0.3, -0.25) is 0 Å². The molecule has 0 aliphatic carbocycles. The first kappa shape index (κ1) is 14.9. The topological polar surface area (TPSA) is 114 Å². The number of furan rings is 1. The van der Waals surface area contributed by atoms with E-state index in [2.05, 4.69) is 0 Å². The summed E-state index contributed by atoms with van der Waals surface area (Å²) in [4.78, 5) is 19.1. The zero-order chi connectivity index (χ0) is 13.1. The monoisotopic (exact) mass is 241 g/mol. The van der Waals surface area contributed by atoms with Crippen molar-refractivity contribution in [1.82, 2.24) is 0 Å². The Bertz CT molecular complexity index is 340. The van der Waals surface area contributed by atoms with Crippen LogP contribution in [0.15, 0.2) is 35.0 Å². The SMILES string of the molecule is NCCCc1ccco1.O=C(O)/C=C\C(=O)O. The lowest BCUT2D eigenvalue weighted by Gasteiger charge is -1.90. The van der Waals surface area contributed by atoms with Crippen LogP contribution in [0.25, 0.3) is 0 Å². The van der Waals surface area contributed by atoms with Gasteiger partial charge in [0.15, 0.2) is 0 Å². The van der Waals surface area contributed by atoms with Crippen LogP contribution in [0.3, 0.4) is 0 Å². The van der Waals surface area contributed by atoms with Crippen LogP contribution in [0, 0.1) is 0 Å². The summed E-state index contributed by atoms with van der Waals surface area (Å²) >= 11 is 0. The number of nitrogens with two attached hydrogens (primary N) is 1. The van der Waals surface area contributed by atoms with Gasteiger partial charge >= 0.3 is 11.9 Å². The Morgan fingerprint density at radius 2 is 1.88 bits per heavy atom. The summed E-state index contributed by atoms with van der Waals surface area (Å²) < 4.78 is 5.08. The van der Waals surface area contributed by atoms with Crippen molar-refractivity contribution in [2.24, 2.45) is 5.73 Å². The predicted molar refractivity (Wildman–Crippen MR) is 60.5 cm³/mol. The second-order valence-corrected chi connectivity index (χ2v) is 2.98. The van der Waals surface area contributed by atoms with Gasteiger partial charge in [-0.05, 0) is 25.1 Å². The molecule has 0 bridgehead atoms. The van der Waals surface area contributed by atoms with Crippen molar-refractivity contribution in [3.63, 3.8) is 0 Å². The van der Waals surface area contributed by atoms with E-state index < -0.39 is 11.9 Å². The number of hydrogen-bond donors (Lipinski definition) is 3. The molecule has 0 aliphatic rings. The van der Waals surface area contributed by atoms with Gasteiger partial charge < -0.3 is 20.4 Å². The van der Waals surface area contributed by atoms with Gasteiger partial charge in [0.25, 0.3) is 0 Å². The van der Waals surface area contributed by atoms with Gasteiger partial charge in [0.1, 0.15) is 5.76 Å². The number of hydrogen-bond acceptors (Lipinski definition) is 4. The highest BCUT2D eigenvalue weighted by Crippen LogP contribution is 2.01. The van der Waals surface area contributed by atoms with E-state index in [1.807, 2.05) is 12.1 Å². The fourth-order valence-corrected chi connectivity index (χ4v) is 0.874. The Balaban J connectivity index is 0.000000304. The van der Waals surface area contributed by atoms with Crippen LogP contribution in [0.5, 0.6) is 0 Å². The third kappa shape index (κ3) is 10.2. The first-order chi connectivity index (χ1) is 8.06. The summed E-state index contributed by atoms with van der Waals surface area (Å²) in [5, 5.41) is 15.6.